The van der Waals surface area contributed by atoms with Crippen LogP contribution in [0.3, 0.4) is 0 Å². The number of nitrogens with one attached hydrogen (secondary N) is 2. The van der Waals surface area contributed by atoms with Gasteiger partial charge in [-0.1, -0.05) is 0 Å². The lowest BCUT2D eigenvalue weighted by molar-refractivity contribution is 0.100. The molecule has 1 fully saturated rings. The van der Waals surface area contributed by atoms with Crippen LogP contribution >= 0.6 is 0 Å². The van der Waals surface area contributed by atoms with E-state index in [1.54, 1.807) is 19.2 Å². The predicted molar refractivity (Wildman–Crippen MR) is 84.5 cm³/mol. The summed E-state index contributed by atoms with van der Waals surface area (Å²) in [4.78, 5) is 12.5. The van der Waals surface area contributed by atoms with E-state index in [-0.39, 0.29) is 5.91 Å². The third-order valence-corrected chi connectivity index (χ3v) is 4.72. The fourth-order valence-corrected chi connectivity index (χ4v) is 3.42. The molecule has 1 amide bonds. The van der Waals surface area contributed by atoms with Crippen molar-refractivity contribution in [3.8, 4) is 5.75 Å². The molecule has 2 N–H and O–H groups in total. The molecule has 0 saturated carbocycles. The summed E-state index contributed by atoms with van der Waals surface area (Å²) < 4.78 is 7.08. The molecule has 2 atom stereocenters. The van der Waals surface area contributed by atoms with Crippen LogP contribution in [0.2, 0.25) is 0 Å². The van der Waals surface area contributed by atoms with Crippen molar-refractivity contribution in [2.45, 2.75) is 13.0 Å². The average Bonchev–Trinajstić information content (AvgIpc) is 3.19. The maximum Gasteiger partial charge on any atom is 0.293 e. The molecule has 0 spiro atoms. The highest BCUT2D eigenvalue weighted by atomic mass is 16.5. The number of nitrogens with zero attached hydrogens (tertiary/aromatic N) is 3. The molecule has 0 unspecified atom stereocenters. The van der Waals surface area contributed by atoms with Crippen LogP contribution in [0.1, 0.15) is 16.4 Å². The SMILES string of the molecule is COc1ccc(NC(=O)c2nnc3n2C[C@@H]2CNC[C@@H]2C3)cc1. The number of rotatable bonds is 3. The number of hydrogen-bond donors (Lipinski definition) is 2. The van der Waals surface area contributed by atoms with Gasteiger partial charge in [0.25, 0.3) is 5.91 Å². The molecule has 120 valence electrons. The van der Waals surface area contributed by atoms with E-state index in [1.807, 2.05) is 16.7 Å². The highest BCUT2D eigenvalue weighted by Gasteiger charge is 2.35. The Kier molecular flexibility index (Phi) is 3.49. The molecule has 0 radical (unpaired) electrons. The predicted octanol–water partition coefficient (Wildman–Crippen LogP) is 0.931. The highest BCUT2D eigenvalue weighted by Crippen LogP contribution is 2.28. The highest BCUT2D eigenvalue weighted by molar-refractivity contribution is 6.01. The molecule has 2 aliphatic heterocycles. The van der Waals surface area contributed by atoms with Gasteiger partial charge in [0.15, 0.2) is 0 Å². The molecule has 1 aromatic heterocycles. The maximum atomic E-state index is 12.5. The number of fused-ring (bicyclic) bond motifs is 2. The van der Waals surface area contributed by atoms with Crippen molar-refractivity contribution in [3.05, 3.63) is 35.9 Å². The third kappa shape index (κ3) is 2.57. The van der Waals surface area contributed by atoms with Crippen LogP contribution < -0.4 is 15.4 Å². The number of hydrogen-bond acceptors (Lipinski definition) is 5. The van der Waals surface area contributed by atoms with Gasteiger partial charge in [0, 0.05) is 18.7 Å². The zero-order chi connectivity index (χ0) is 15.8. The lowest BCUT2D eigenvalue weighted by atomic mass is 9.89. The molecule has 0 aliphatic carbocycles. The molecular formula is C16H19N5O2. The minimum absolute atomic E-state index is 0.224. The number of carbonyl (C=O) groups is 1. The lowest BCUT2D eigenvalue weighted by Gasteiger charge is -2.25. The summed E-state index contributed by atoms with van der Waals surface area (Å²) in [5, 5.41) is 14.6. The Hall–Kier alpha value is -2.41. The lowest BCUT2D eigenvalue weighted by Crippen LogP contribution is -2.31. The zero-order valence-electron chi connectivity index (χ0n) is 13.0. The fourth-order valence-electron chi connectivity index (χ4n) is 3.42. The number of amides is 1. The van der Waals surface area contributed by atoms with Gasteiger partial charge in [-0.15, -0.1) is 10.2 Å². The molecule has 0 bridgehead atoms. The molecule has 3 heterocycles. The molecular weight excluding hydrogens is 294 g/mol. The molecule has 7 nitrogen and oxygen atoms in total. The number of carbonyl (C=O) groups excluding carboxylic acids is 1. The molecule has 2 aliphatic rings. The summed E-state index contributed by atoms with van der Waals surface area (Å²) in [7, 11) is 1.61. The van der Waals surface area contributed by atoms with E-state index in [1.165, 1.54) is 0 Å². The van der Waals surface area contributed by atoms with E-state index in [9.17, 15) is 4.79 Å². The van der Waals surface area contributed by atoms with Gasteiger partial charge in [-0.25, -0.2) is 0 Å². The van der Waals surface area contributed by atoms with Crippen molar-refractivity contribution >= 4 is 11.6 Å². The van der Waals surface area contributed by atoms with E-state index in [0.717, 1.165) is 37.6 Å². The van der Waals surface area contributed by atoms with Crippen LogP contribution in [0.4, 0.5) is 5.69 Å². The monoisotopic (exact) mass is 313 g/mol. The van der Waals surface area contributed by atoms with Gasteiger partial charge in [0.2, 0.25) is 5.82 Å². The molecule has 1 aromatic carbocycles. The Balaban J connectivity index is 1.53. The van der Waals surface area contributed by atoms with Crippen LogP contribution in [0.25, 0.3) is 0 Å². The first-order chi connectivity index (χ1) is 11.2. The Morgan fingerprint density at radius 1 is 1.26 bits per heavy atom. The van der Waals surface area contributed by atoms with Crippen molar-refractivity contribution in [1.82, 2.24) is 20.1 Å². The van der Waals surface area contributed by atoms with Crippen LogP contribution in [-0.2, 0) is 13.0 Å². The van der Waals surface area contributed by atoms with Gasteiger partial charge in [-0.05, 0) is 49.2 Å². The van der Waals surface area contributed by atoms with Crippen LogP contribution in [0.5, 0.6) is 5.75 Å². The van der Waals surface area contributed by atoms with E-state index in [2.05, 4.69) is 20.8 Å². The van der Waals surface area contributed by atoms with E-state index >= 15 is 0 Å². The topological polar surface area (TPSA) is 81.1 Å². The first-order valence-electron chi connectivity index (χ1n) is 7.83. The second-order valence-electron chi connectivity index (χ2n) is 6.12. The average molecular weight is 313 g/mol. The molecule has 23 heavy (non-hydrogen) atoms. The summed E-state index contributed by atoms with van der Waals surface area (Å²) in [6.45, 7) is 2.85. The van der Waals surface area contributed by atoms with Crippen molar-refractivity contribution < 1.29 is 9.53 Å². The summed E-state index contributed by atoms with van der Waals surface area (Å²) >= 11 is 0. The molecule has 7 heteroatoms. The van der Waals surface area contributed by atoms with E-state index in [0.29, 0.717) is 23.3 Å². The summed E-state index contributed by atoms with van der Waals surface area (Å²) in [5.41, 5.74) is 0.712. The van der Waals surface area contributed by atoms with Gasteiger partial charge >= 0.3 is 0 Å². The van der Waals surface area contributed by atoms with Crippen LogP contribution in [0.15, 0.2) is 24.3 Å². The Morgan fingerprint density at radius 2 is 2.04 bits per heavy atom. The smallest absolute Gasteiger partial charge is 0.293 e. The first kappa shape index (κ1) is 14.2. The van der Waals surface area contributed by atoms with Crippen molar-refractivity contribution in [1.29, 1.82) is 0 Å². The molecule has 1 saturated heterocycles. The normalized spacial score (nSPS) is 22.3. The maximum absolute atomic E-state index is 12.5. The van der Waals surface area contributed by atoms with Crippen molar-refractivity contribution in [3.63, 3.8) is 0 Å². The molecule has 4 rings (SSSR count). The Labute approximate surface area is 134 Å². The number of methoxy groups -OCH3 is 1. The third-order valence-electron chi connectivity index (χ3n) is 4.72. The number of ether oxygens (including phenoxy) is 1. The van der Waals surface area contributed by atoms with Crippen LogP contribution in [0, 0.1) is 11.8 Å². The summed E-state index contributed by atoms with van der Waals surface area (Å²) in [5.74, 6) is 3.01. The van der Waals surface area contributed by atoms with Gasteiger partial charge in [-0.3, -0.25) is 4.79 Å². The summed E-state index contributed by atoms with van der Waals surface area (Å²) in [6.07, 6.45) is 0.889. The van der Waals surface area contributed by atoms with Crippen molar-refractivity contribution in [2.75, 3.05) is 25.5 Å². The second-order valence-corrected chi connectivity index (χ2v) is 6.12. The van der Waals surface area contributed by atoms with Gasteiger partial charge in [0.05, 0.1) is 7.11 Å². The summed E-state index contributed by atoms with van der Waals surface area (Å²) in [6, 6.07) is 7.23. The fraction of sp³-hybridized carbons (Fsp3) is 0.438. The minimum Gasteiger partial charge on any atom is -0.497 e. The zero-order valence-corrected chi connectivity index (χ0v) is 13.0. The minimum atomic E-state index is -0.224. The van der Waals surface area contributed by atoms with E-state index < -0.39 is 0 Å². The van der Waals surface area contributed by atoms with Crippen molar-refractivity contribution in [2.24, 2.45) is 11.8 Å². The Morgan fingerprint density at radius 3 is 2.83 bits per heavy atom. The first-order valence-corrected chi connectivity index (χ1v) is 7.83. The number of anilines is 1. The van der Waals surface area contributed by atoms with Gasteiger partial charge in [-0.2, -0.15) is 0 Å². The van der Waals surface area contributed by atoms with E-state index in [4.69, 9.17) is 4.74 Å². The van der Waals surface area contributed by atoms with Crippen LogP contribution in [-0.4, -0.2) is 40.9 Å². The van der Waals surface area contributed by atoms with Gasteiger partial charge in [0.1, 0.15) is 11.6 Å². The Bertz CT molecular complexity index is 725. The largest absolute Gasteiger partial charge is 0.497 e. The quantitative estimate of drug-likeness (QED) is 0.881. The molecule has 2 aromatic rings. The van der Waals surface area contributed by atoms with Gasteiger partial charge < -0.3 is 19.9 Å². The standard InChI is InChI=1S/C16H19N5O2/c1-23-13-4-2-12(3-5-13)18-16(22)15-20-19-14-6-10-7-17-8-11(10)9-21(14)15/h2-5,10-11,17H,6-9H2,1H3,(H,18,22)/t10-,11-/m0/s1. The second kappa shape index (κ2) is 5.66. The number of aromatic nitrogens is 3. The number of benzene rings is 1.